The maximum Gasteiger partial charge on any atom is 0.340 e. The van der Waals surface area contributed by atoms with E-state index in [9.17, 15) is 24.4 Å². The Morgan fingerprint density at radius 2 is 1.71 bits per heavy atom. The largest absolute Gasteiger partial charge is 0.478 e. The predicted molar refractivity (Wildman–Crippen MR) is 109 cm³/mol. The zero-order chi connectivity index (χ0) is 21.3. The molecular formula is C22H29NO5. The maximum atomic E-state index is 12.8. The molecule has 0 saturated heterocycles. The fourth-order valence-electron chi connectivity index (χ4n) is 3.06. The molecular weight excluding hydrogens is 358 g/mol. The van der Waals surface area contributed by atoms with Crippen molar-refractivity contribution in [3.8, 4) is 0 Å². The fraction of sp³-hybridized carbons (Fsp3) is 0.500. The quantitative estimate of drug-likeness (QED) is 0.173. The number of carbonyl (C=O) groups is 3. The molecule has 0 amide bonds. The monoisotopic (exact) mass is 387 g/mol. The molecule has 0 spiro atoms. The zero-order valence-corrected chi connectivity index (χ0v) is 17.1. The Balaban J connectivity index is 3.15. The molecule has 0 fully saturated rings. The van der Waals surface area contributed by atoms with Crippen LogP contribution in [0, 0.1) is 4.91 Å². The van der Waals surface area contributed by atoms with E-state index in [0.29, 0.717) is 6.42 Å². The summed E-state index contributed by atoms with van der Waals surface area (Å²) in [6.45, 7) is 7.89. The van der Waals surface area contributed by atoms with Gasteiger partial charge in [-0.15, -0.1) is 4.91 Å². The van der Waals surface area contributed by atoms with E-state index in [1.165, 1.54) is 5.57 Å². The van der Waals surface area contributed by atoms with Crippen molar-refractivity contribution in [2.45, 2.75) is 72.6 Å². The third-order valence-electron chi connectivity index (χ3n) is 4.66. The first kappa shape index (κ1) is 23.4. The highest BCUT2D eigenvalue weighted by molar-refractivity contribution is 6.34. The average Bonchev–Trinajstić information content (AvgIpc) is 2.62. The molecule has 0 aliphatic heterocycles. The Hall–Kier alpha value is -2.63. The molecule has 1 rings (SSSR count). The van der Waals surface area contributed by atoms with Crippen molar-refractivity contribution >= 4 is 17.5 Å². The molecule has 6 nitrogen and oxygen atoms in total. The van der Waals surface area contributed by atoms with Crippen LogP contribution in [0.3, 0.4) is 0 Å². The highest BCUT2D eigenvalue weighted by Gasteiger charge is 2.37. The molecule has 1 N–H and O–H groups in total. The molecule has 0 heterocycles. The summed E-state index contributed by atoms with van der Waals surface area (Å²) in [6.07, 6.45) is 7.90. The van der Waals surface area contributed by atoms with Crippen molar-refractivity contribution in [1.82, 2.24) is 0 Å². The molecule has 0 radical (unpaired) electrons. The number of allylic oxidation sites excluding steroid dienone is 6. The molecule has 0 bridgehead atoms. The molecule has 0 aromatic rings. The van der Waals surface area contributed by atoms with E-state index >= 15 is 0 Å². The summed E-state index contributed by atoms with van der Waals surface area (Å²) < 4.78 is 0. The molecule has 0 aromatic heterocycles. The Kier molecular flexibility index (Phi) is 9.42. The number of nitroso groups, excluding NO2 is 1. The molecule has 1 aliphatic carbocycles. The van der Waals surface area contributed by atoms with Gasteiger partial charge in [0.15, 0.2) is 11.5 Å². The highest BCUT2D eigenvalue weighted by atomic mass is 16.4. The van der Waals surface area contributed by atoms with Gasteiger partial charge in [0, 0.05) is 11.1 Å². The first-order valence-electron chi connectivity index (χ1n) is 9.65. The lowest BCUT2D eigenvalue weighted by Crippen LogP contribution is -2.27. The Labute approximate surface area is 166 Å². The molecule has 28 heavy (non-hydrogen) atoms. The first-order valence-corrected chi connectivity index (χ1v) is 9.65. The van der Waals surface area contributed by atoms with Gasteiger partial charge in [-0.25, -0.2) is 4.79 Å². The van der Waals surface area contributed by atoms with Gasteiger partial charge in [0.2, 0.25) is 5.78 Å². The second-order valence-electron chi connectivity index (χ2n) is 7.27. The van der Waals surface area contributed by atoms with Gasteiger partial charge in [0.25, 0.3) is 0 Å². The number of carbonyl (C=O) groups excluding carboxylic acids is 2. The minimum absolute atomic E-state index is 0.0192. The molecule has 0 unspecified atom stereocenters. The van der Waals surface area contributed by atoms with Crippen molar-refractivity contribution in [3.05, 3.63) is 50.6 Å². The third kappa shape index (κ3) is 6.22. The number of aliphatic carboxylic acids is 1. The summed E-state index contributed by atoms with van der Waals surface area (Å²) in [7, 11) is 0. The first-order chi connectivity index (χ1) is 13.2. The van der Waals surface area contributed by atoms with E-state index < -0.39 is 28.8 Å². The second-order valence-corrected chi connectivity index (χ2v) is 7.27. The Morgan fingerprint density at radius 1 is 1.04 bits per heavy atom. The van der Waals surface area contributed by atoms with E-state index in [1.54, 1.807) is 6.08 Å². The van der Waals surface area contributed by atoms with Crippen molar-refractivity contribution in [3.63, 3.8) is 0 Å². The van der Waals surface area contributed by atoms with Crippen molar-refractivity contribution in [2.75, 3.05) is 0 Å². The number of unbranched alkanes of at least 4 members (excludes halogenated alkanes) is 2. The highest BCUT2D eigenvalue weighted by Crippen LogP contribution is 2.31. The van der Waals surface area contributed by atoms with Crippen LogP contribution in [0.4, 0.5) is 0 Å². The normalized spacial score (nSPS) is 15.2. The fourth-order valence-corrected chi connectivity index (χ4v) is 3.06. The van der Waals surface area contributed by atoms with Crippen LogP contribution in [-0.4, -0.2) is 22.6 Å². The number of hydrogen-bond donors (Lipinski definition) is 1. The molecule has 0 atom stereocenters. The second kappa shape index (κ2) is 11.3. The van der Waals surface area contributed by atoms with Gasteiger partial charge in [0.1, 0.15) is 5.57 Å². The summed E-state index contributed by atoms with van der Waals surface area (Å²) in [5.41, 5.74) is 1.01. The molecule has 0 saturated carbocycles. The number of Topliss-reactive ketones (excluding diaryl/α,β-unsaturated/α-hetero) is 2. The molecule has 6 heteroatoms. The number of carboxylic acids is 1. The van der Waals surface area contributed by atoms with Crippen LogP contribution in [0.5, 0.6) is 0 Å². The van der Waals surface area contributed by atoms with Crippen molar-refractivity contribution in [2.24, 2.45) is 5.18 Å². The van der Waals surface area contributed by atoms with Crippen LogP contribution in [0.1, 0.15) is 72.6 Å². The lowest BCUT2D eigenvalue weighted by Gasteiger charge is -2.18. The summed E-state index contributed by atoms with van der Waals surface area (Å²) in [5.74, 6) is -2.94. The average molecular weight is 387 g/mol. The van der Waals surface area contributed by atoms with Gasteiger partial charge >= 0.3 is 5.97 Å². The van der Waals surface area contributed by atoms with Gasteiger partial charge in [-0.3, -0.25) is 9.59 Å². The summed E-state index contributed by atoms with van der Waals surface area (Å²) in [5, 5.41) is 12.3. The van der Waals surface area contributed by atoms with Gasteiger partial charge in [-0.05, 0) is 58.1 Å². The minimum Gasteiger partial charge on any atom is -0.478 e. The smallest absolute Gasteiger partial charge is 0.340 e. The number of ketones is 2. The zero-order valence-electron chi connectivity index (χ0n) is 17.1. The number of nitrogens with zero attached hydrogens (tertiary/aromatic N) is 1. The number of carboxylic acid groups (broad SMARTS) is 1. The van der Waals surface area contributed by atoms with Crippen LogP contribution in [-0.2, 0) is 14.4 Å². The Morgan fingerprint density at radius 3 is 2.25 bits per heavy atom. The van der Waals surface area contributed by atoms with Crippen LogP contribution in [0.25, 0.3) is 0 Å². The van der Waals surface area contributed by atoms with Crippen LogP contribution >= 0.6 is 0 Å². The molecule has 1 aliphatic rings. The van der Waals surface area contributed by atoms with Crippen LogP contribution < -0.4 is 0 Å². The molecule has 0 aromatic carbocycles. The van der Waals surface area contributed by atoms with Crippen LogP contribution in [0.2, 0.25) is 0 Å². The summed E-state index contributed by atoms with van der Waals surface area (Å²) in [4.78, 5) is 48.4. The standard InChI is InChI=1S/C22H29NO5/c1-5-6-7-11-16-18(22(26)27)20(24)17(19(23-28)21(16)25)13-12-15(4)10-8-9-14(2)3/h9,12H,5-8,10-11,13H2,1-4H3,(H,26,27)/b15-12+. The van der Waals surface area contributed by atoms with Crippen LogP contribution in [0.15, 0.2) is 50.9 Å². The van der Waals surface area contributed by atoms with Crippen molar-refractivity contribution in [1.29, 1.82) is 0 Å². The lowest BCUT2D eigenvalue weighted by molar-refractivity contribution is -0.135. The molecule has 152 valence electrons. The van der Waals surface area contributed by atoms with Crippen molar-refractivity contribution < 1.29 is 19.5 Å². The van der Waals surface area contributed by atoms with Gasteiger partial charge in [-0.2, -0.15) is 0 Å². The van der Waals surface area contributed by atoms with Gasteiger partial charge in [0.05, 0.1) is 0 Å². The summed E-state index contributed by atoms with van der Waals surface area (Å²) in [6, 6.07) is 0. The van der Waals surface area contributed by atoms with E-state index in [2.05, 4.69) is 11.3 Å². The number of rotatable bonds is 11. The minimum atomic E-state index is -1.43. The van der Waals surface area contributed by atoms with E-state index in [-0.39, 0.29) is 24.0 Å². The van der Waals surface area contributed by atoms with Gasteiger partial charge in [-0.1, -0.05) is 43.1 Å². The SMILES string of the molecule is CCCCCC1=C(C(=O)O)C(=O)C(C/C=C(\C)CCC=C(C)C)=C(N=O)C1=O. The Bertz CT molecular complexity index is 777. The van der Waals surface area contributed by atoms with E-state index in [4.69, 9.17) is 0 Å². The maximum absolute atomic E-state index is 12.8. The predicted octanol–water partition coefficient (Wildman–Crippen LogP) is 5.20. The van der Waals surface area contributed by atoms with E-state index in [0.717, 1.165) is 31.3 Å². The lowest BCUT2D eigenvalue weighted by atomic mass is 9.83. The topological polar surface area (TPSA) is 101 Å². The van der Waals surface area contributed by atoms with Gasteiger partial charge < -0.3 is 5.11 Å². The third-order valence-corrected chi connectivity index (χ3v) is 4.66. The van der Waals surface area contributed by atoms with E-state index in [1.807, 2.05) is 27.7 Å². The summed E-state index contributed by atoms with van der Waals surface area (Å²) >= 11 is 0. The number of hydrogen-bond acceptors (Lipinski definition) is 5.